The number of piperazine rings is 1. The fourth-order valence-corrected chi connectivity index (χ4v) is 3.33. The highest BCUT2D eigenvalue weighted by molar-refractivity contribution is 5.94. The zero-order valence-electron chi connectivity index (χ0n) is 14.9. The number of ether oxygens (including phenoxy) is 1. The second-order valence-electron chi connectivity index (χ2n) is 6.63. The first kappa shape index (κ1) is 17.7. The van der Waals surface area contributed by atoms with Crippen LogP contribution in [0.25, 0.3) is 0 Å². The van der Waals surface area contributed by atoms with E-state index in [0.29, 0.717) is 19.4 Å². The number of carbonyl (C=O) groups excluding carboxylic acids is 2. The van der Waals surface area contributed by atoms with Gasteiger partial charge in [-0.3, -0.25) is 9.59 Å². The van der Waals surface area contributed by atoms with Crippen LogP contribution in [0.5, 0.6) is 5.75 Å². The summed E-state index contributed by atoms with van der Waals surface area (Å²) in [4.78, 5) is 27.9. The number of nitrogens with zero attached hydrogens (tertiary/aromatic N) is 2. The lowest BCUT2D eigenvalue weighted by Gasteiger charge is -2.34. The average molecular weight is 345 g/mol. The molecule has 1 saturated heterocycles. The first-order valence-corrected chi connectivity index (χ1v) is 9.21. The molecule has 0 radical (unpaired) electrons. The summed E-state index contributed by atoms with van der Waals surface area (Å²) in [5, 5.41) is 2.86. The number of fused-ring (bicyclic) bond motifs is 1. The summed E-state index contributed by atoms with van der Waals surface area (Å²) in [6.45, 7) is 7.37. The molecule has 0 spiro atoms. The normalized spacial score (nSPS) is 17.8. The van der Waals surface area contributed by atoms with E-state index in [4.69, 9.17) is 4.74 Å². The summed E-state index contributed by atoms with van der Waals surface area (Å²) in [6, 6.07) is 5.75. The van der Waals surface area contributed by atoms with E-state index in [0.717, 1.165) is 62.6 Å². The van der Waals surface area contributed by atoms with Crippen LogP contribution in [0.2, 0.25) is 0 Å². The monoisotopic (exact) mass is 345 g/mol. The van der Waals surface area contributed by atoms with E-state index in [-0.39, 0.29) is 11.8 Å². The molecule has 136 valence electrons. The van der Waals surface area contributed by atoms with Crippen molar-refractivity contribution in [3.63, 3.8) is 0 Å². The third-order valence-electron chi connectivity index (χ3n) is 4.95. The first-order chi connectivity index (χ1) is 12.2. The van der Waals surface area contributed by atoms with Gasteiger partial charge in [0.05, 0.1) is 6.61 Å². The largest absolute Gasteiger partial charge is 0.494 e. The topological polar surface area (TPSA) is 61.9 Å². The molecule has 6 nitrogen and oxygen atoms in total. The smallest absolute Gasteiger partial charge is 0.224 e. The van der Waals surface area contributed by atoms with E-state index in [1.54, 1.807) is 0 Å². The zero-order chi connectivity index (χ0) is 17.6. The van der Waals surface area contributed by atoms with Crippen molar-refractivity contribution in [2.24, 2.45) is 0 Å². The number of carbonyl (C=O) groups is 2. The molecule has 1 aromatic rings. The Morgan fingerprint density at radius 3 is 2.76 bits per heavy atom. The second kappa shape index (κ2) is 8.34. The number of anilines is 1. The van der Waals surface area contributed by atoms with Gasteiger partial charge in [0, 0.05) is 44.7 Å². The van der Waals surface area contributed by atoms with Gasteiger partial charge in [-0.05, 0) is 43.1 Å². The van der Waals surface area contributed by atoms with Gasteiger partial charge in [-0.25, -0.2) is 0 Å². The molecule has 0 aromatic heterocycles. The van der Waals surface area contributed by atoms with Crippen molar-refractivity contribution < 1.29 is 14.3 Å². The molecule has 0 unspecified atom stereocenters. The van der Waals surface area contributed by atoms with Crippen LogP contribution < -0.4 is 10.1 Å². The molecule has 6 heteroatoms. The van der Waals surface area contributed by atoms with E-state index in [9.17, 15) is 9.59 Å². The molecule has 2 heterocycles. The minimum Gasteiger partial charge on any atom is -0.494 e. The van der Waals surface area contributed by atoms with Crippen molar-refractivity contribution in [2.45, 2.75) is 32.6 Å². The highest BCUT2D eigenvalue weighted by Gasteiger charge is 2.19. The molecule has 1 aromatic carbocycles. The van der Waals surface area contributed by atoms with Gasteiger partial charge in [-0.1, -0.05) is 6.92 Å². The van der Waals surface area contributed by atoms with Crippen LogP contribution in [0.1, 0.15) is 31.7 Å². The SMILES string of the molecule is CCN1CCN(C(=O)CCCOc2ccc3c(c2)CCC(=O)N3)CC1. The van der Waals surface area contributed by atoms with E-state index in [1.807, 2.05) is 23.1 Å². The fraction of sp³-hybridized carbons (Fsp3) is 0.579. The lowest BCUT2D eigenvalue weighted by molar-refractivity contribution is -0.133. The van der Waals surface area contributed by atoms with Gasteiger partial charge >= 0.3 is 0 Å². The van der Waals surface area contributed by atoms with E-state index < -0.39 is 0 Å². The van der Waals surface area contributed by atoms with Crippen LogP contribution in [0.3, 0.4) is 0 Å². The number of hydrogen-bond acceptors (Lipinski definition) is 4. The summed E-state index contributed by atoms with van der Waals surface area (Å²) in [6.07, 6.45) is 2.53. The van der Waals surface area contributed by atoms with Crippen molar-refractivity contribution in [1.29, 1.82) is 0 Å². The number of aryl methyl sites for hydroxylation is 1. The Morgan fingerprint density at radius 1 is 1.20 bits per heavy atom. The summed E-state index contributed by atoms with van der Waals surface area (Å²) in [7, 11) is 0. The number of likely N-dealkylation sites (N-methyl/N-ethyl adjacent to an activating group) is 1. The molecule has 25 heavy (non-hydrogen) atoms. The minimum atomic E-state index is 0.0689. The number of hydrogen-bond donors (Lipinski definition) is 1. The highest BCUT2D eigenvalue weighted by Crippen LogP contribution is 2.26. The molecular weight excluding hydrogens is 318 g/mol. The Hall–Kier alpha value is -2.08. The molecule has 1 N–H and O–H groups in total. The predicted molar refractivity (Wildman–Crippen MR) is 96.8 cm³/mol. The third-order valence-corrected chi connectivity index (χ3v) is 4.95. The molecule has 3 rings (SSSR count). The number of nitrogens with one attached hydrogen (secondary N) is 1. The van der Waals surface area contributed by atoms with Crippen LogP contribution >= 0.6 is 0 Å². The van der Waals surface area contributed by atoms with Crippen LogP contribution in [0, 0.1) is 0 Å². The number of rotatable bonds is 6. The molecule has 1 fully saturated rings. The Balaban J connectivity index is 1.39. The molecule has 0 aliphatic carbocycles. The van der Waals surface area contributed by atoms with Crippen LogP contribution in [0.15, 0.2) is 18.2 Å². The number of amides is 2. The summed E-state index contributed by atoms with van der Waals surface area (Å²) >= 11 is 0. The van der Waals surface area contributed by atoms with Gasteiger partial charge in [0.2, 0.25) is 11.8 Å². The lowest BCUT2D eigenvalue weighted by atomic mass is 10.0. The van der Waals surface area contributed by atoms with Crippen molar-refractivity contribution in [2.75, 3.05) is 44.6 Å². The van der Waals surface area contributed by atoms with Gasteiger partial charge in [-0.15, -0.1) is 0 Å². The van der Waals surface area contributed by atoms with E-state index in [2.05, 4.69) is 17.1 Å². The van der Waals surface area contributed by atoms with Gasteiger partial charge < -0.3 is 19.9 Å². The van der Waals surface area contributed by atoms with Crippen LogP contribution in [0.4, 0.5) is 5.69 Å². The number of benzene rings is 1. The van der Waals surface area contributed by atoms with Crippen LogP contribution in [-0.4, -0.2) is 60.9 Å². The van der Waals surface area contributed by atoms with Gasteiger partial charge in [0.15, 0.2) is 0 Å². The highest BCUT2D eigenvalue weighted by atomic mass is 16.5. The van der Waals surface area contributed by atoms with Crippen molar-refractivity contribution in [3.8, 4) is 5.75 Å². The predicted octanol–water partition coefficient (Wildman–Crippen LogP) is 1.89. The molecule has 0 saturated carbocycles. The molecule has 0 bridgehead atoms. The van der Waals surface area contributed by atoms with Crippen molar-refractivity contribution in [1.82, 2.24) is 9.80 Å². The third kappa shape index (κ3) is 4.72. The van der Waals surface area contributed by atoms with Crippen molar-refractivity contribution >= 4 is 17.5 Å². The maximum Gasteiger partial charge on any atom is 0.224 e. The molecular formula is C19H27N3O3. The fourth-order valence-electron chi connectivity index (χ4n) is 3.33. The Labute approximate surface area is 149 Å². The van der Waals surface area contributed by atoms with Crippen LogP contribution in [-0.2, 0) is 16.0 Å². The van der Waals surface area contributed by atoms with Crippen molar-refractivity contribution in [3.05, 3.63) is 23.8 Å². The zero-order valence-corrected chi connectivity index (χ0v) is 14.9. The van der Waals surface area contributed by atoms with E-state index in [1.165, 1.54) is 0 Å². The molecule has 2 aliphatic rings. The second-order valence-corrected chi connectivity index (χ2v) is 6.63. The lowest BCUT2D eigenvalue weighted by Crippen LogP contribution is -2.48. The quantitative estimate of drug-likeness (QED) is 0.800. The Kier molecular flexibility index (Phi) is 5.91. The summed E-state index contributed by atoms with van der Waals surface area (Å²) in [5.41, 5.74) is 1.99. The Bertz CT molecular complexity index is 624. The molecule has 2 amide bonds. The standard InChI is InChI=1S/C19H27N3O3/c1-2-21-9-11-22(12-10-21)19(24)4-3-13-25-16-6-7-17-15(14-16)5-8-18(23)20-17/h6-7,14H,2-5,8-13H2,1H3,(H,20,23). The van der Waals surface area contributed by atoms with Gasteiger partial charge in [-0.2, -0.15) is 0 Å². The first-order valence-electron chi connectivity index (χ1n) is 9.21. The summed E-state index contributed by atoms with van der Waals surface area (Å²) < 4.78 is 5.78. The summed E-state index contributed by atoms with van der Waals surface area (Å²) in [5.74, 6) is 1.10. The molecule has 2 aliphatic heterocycles. The maximum atomic E-state index is 12.2. The van der Waals surface area contributed by atoms with E-state index >= 15 is 0 Å². The van der Waals surface area contributed by atoms with Gasteiger partial charge in [0.1, 0.15) is 5.75 Å². The van der Waals surface area contributed by atoms with Gasteiger partial charge in [0.25, 0.3) is 0 Å². The maximum absolute atomic E-state index is 12.2. The average Bonchev–Trinajstić information content (AvgIpc) is 2.65. The Morgan fingerprint density at radius 2 is 2.00 bits per heavy atom. The minimum absolute atomic E-state index is 0.0689. The molecule has 0 atom stereocenters.